The number of aromatic amines is 1. The maximum absolute atomic E-state index is 6.01. The third-order valence-corrected chi connectivity index (χ3v) is 4.22. The van der Waals surface area contributed by atoms with Crippen molar-refractivity contribution < 1.29 is 4.42 Å². The van der Waals surface area contributed by atoms with Crippen LogP contribution in [0, 0.1) is 0 Å². The minimum Gasteiger partial charge on any atom is -0.467 e. The highest BCUT2D eigenvalue weighted by atomic mass is 79.9. The van der Waals surface area contributed by atoms with Gasteiger partial charge in [0, 0.05) is 18.2 Å². The van der Waals surface area contributed by atoms with Crippen molar-refractivity contribution in [1.82, 2.24) is 15.0 Å². The molecule has 4 N–H and O–H groups in total. The molecule has 0 aromatic carbocycles. The summed E-state index contributed by atoms with van der Waals surface area (Å²) in [7, 11) is 0. The van der Waals surface area contributed by atoms with E-state index in [9.17, 15) is 0 Å². The maximum Gasteiger partial charge on any atom is 0.226 e. The molecule has 0 fully saturated rings. The molecule has 0 aliphatic carbocycles. The lowest BCUT2D eigenvalue weighted by Gasteiger charge is -2.06. The van der Waals surface area contributed by atoms with E-state index in [0.29, 0.717) is 24.4 Å². The van der Waals surface area contributed by atoms with Gasteiger partial charge in [0.15, 0.2) is 0 Å². The predicted molar refractivity (Wildman–Crippen MR) is 90.0 cm³/mol. The number of hydrogen-bond donors (Lipinski definition) is 3. The highest BCUT2D eigenvalue weighted by molar-refractivity contribution is 9.10. The van der Waals surface area contributed by atoms with Gasteiger partial charge in [-0.1, -0.05) is 0 Å². The number of anilines is 1. The second-order valence-corrected chi connectivity index (χ2v) is 6.23. The summed E-state index contributed by atoms with van der Waals surface area (Å²) in [5.74, 6) is 1.45. The molecule has 0 aliphatic rings. The van der Waals surface area contributed by atoms with Gasteiger partial charge in [0.1, 0.15) is 17.2 Å². The van der Waals surface area contributed by atoms with Gasteiger partial charge in [-0.25, -0.2) is 0 Å². The molecule has 0 bridgehead atoms. The minimum atomic E-state index is 0.0346. The number of nitrogens with zero attached hydrogens (tertiary/aromatic N) is 2. The number of hydrogen-bond acceptors (Lipinski definition) is 5. The number of fused-ring (bicyclic) bond motifs is 1. The molecule has 3 aromatic heterocycles. The minimum absolute atomic E-state index is 0.0346. The molecule has 116 valence electrons. The van der Waals surface area contributed by atoms with Gasteiger partial charge < -0.3 is 20.5 Å². The molecule has 0 unspecified atom stereocenters. The summed E-state index contributed by atoms with van der Waals surface area (Å²) >= 11 is 9.61. The van der Waals surface area contributed by atoms with Crippen LogP contribution in [0.1, 0.15) is 18.4 Å². The summed E-state index contributed by atoms with van der Waals surface area (Å²) in [6.07, 6.45) is 2.33. The van der Waals surface area contributed by atoms with E-state index < -0.39 is 0 Å². The summed E-state index contributed by atoms with van der Waals surface area (Å²) in [6, 6.07) is 3.76. The lowest BCUT2D eigenvalue weighted by molar-refractivity contribution is 0.518. The second kappa shape index (κ2) is 6.28. The molecule has 3 heterocycles. The average Bonchev–Trinajstić information content (AvgIpc) is 3.05. The fourth-order valence-electron chi connectivity index (χ4n) is 2.26. The number of nitrogens with two attached hydrogens (primary N) is 1. The molecule has 3 rings (SSSR count). The van der Waals surface area contributed by atoms with E-state index in [2.05, 4.69) is 36.2 Å². The summed E-state index contributed by atoms with van der Waals surface area (Å²) < 4.78 is 6.21. The highest BCUT2D eigenvalue weighted by Crippen LogP contribution is 2.33. The van der Waals surface area contributed by atoms with Gasteiger partial charge in [-0.15, -0.1) is 0 Å². The Morgan fingerprint density at radius 1 is 1.50 bits per heavy atom. The fourth-order valence-corrected chi connectivity index (χ4v) is 3.06. The van der Waals surface area contributed by atoms with Crippen LogP contribution >= 0.6 is 27.5 Å². The Morgan fingerprint density at radius 3 is 3.00 bits per heavy atom. The molecule has 1 atom stereocenters. The van der Waals surface area contributed by atoms with Gasteiger partial charge in [0.25, 0.3) is 0 Å². The van der Waals surface area contributed by atoms with E-state index in [-0.39, 0.29) is 11.3 Å². The van der Waals surface area contributed by atoms with Crippen molar-refractivity contribution >= 4 is 44.4 Å². The van der Waals surface area contributed by atoms with Crippen molar-refractivity contribution in [2.75, 3.05) is 5.32 Å². The van der Waals surface area contributed by atoms with Crippen LogP contribution in [0.3, 0.4) is 0 Å². The Balaban J connectivity index is 1.99. The van der Waals surface area contributed by atoms with Gasteiger partial charge in [-0.2, -0.15) is 9.97 Å². The zero-order chi connectivity index (χ0) is 15.7. The summed E-state index contributed by atoms with van der Waals surface area (Å²) in [5, 5.41) is 4.26. The van der Waals surface area contributed by atoms with Gasteiger partial charge in [0.2, 0.25) is 5.28 Å². The molecule has 0 saturated carbocycles. The van der Waals surface area contributed by atoms with Crippen LogP contribution in [0.4, 0.5) is 5.82 Å². The number of aromatic nitrogens is 3. The van der Waals surface area contributed by atoms with Crippen LogP contribution in [0.25, 0.3) is 11.0 Å². The first-order valence-electron chi connectivity index (χ1n) is 6.80. The molecule has 8 heteroatoms. The number of furan rings is 1. The van der Waals surface area contributed by atoms with Crippen molar-refractivity contribution in [3.8, 4) is 0 Å². The first kappa shape index (κ1) is 15.3. The largest absolute Gasteiger partial charge is 0.467 e. The number of H-pyrrole nitrogens is 1. The third-order valence-electron chi connectivity index (χ3n) is 3.17. The zero-order valence-corrected chi connectivity index (χ0v) is 14.2. The molecule has 22 heavy (non-hydrogen) atoms. The Bertz CT molecular complexity index is 784. The van der Waals surface area contributed by atoms with E-state index in [1.54, 1.807) is 6.26 Å². The number of rotatable bonds is 5. The van der Waals surface area contributed by atoms with Gasteiger partial charge in [-0.05, 0) is 46.6 Å². The van der Waals surface area contributed by atoms with Crippen molar-refractivity contribution in [3.63, 3.8) is 0 Å². The van der Waals surface area contributed by atoms with Crippen LogP contribution in [0.2, 0.25) is 5.28 Å². The lowest BCUT2D eigenvalue weighted by Crippen LogP contribution is -2.18. The molecule has 0 spiro atoms. The topological polar surface area (TPSA) is 92.8 Å². The van der Waals surface area contributed by atoms with Gasteiger partial charge in [-0.3, -0.25) is 0 Å². The van der Waals surface area contributed by atoms with E-state index in [4.69, 9.17) is 21.8 Å². The van der Waals surface area contributed by atoms with E-state index in [1.807, 2.05) is 19.1 Å². The summed E-state index contributed by atoms with van der Waals surface area (Å²) in [5.41, 5.74) is 7.52. The van der Waals surface area contributed by atoms with Crippen molar-refractivity contribution in [3.05, 3.63) is 39.6 Å². The molecule has 0 amide bonds. The van der Waals surface area contributed by atoms with Crippen LogP contribution < -0.4 is 11.1 Å². The van der Waals surface area contributed by atoms with E-state index in [0.717, 1.165) is 21.3 Å². The van der Waals surface area contributed by atoms with Crippen molar-refractivity contribution in [2.45, 2.75) is 25.9 Å². The standard InChI is InChI=1S/C14H15BrClN5O/c1-7(17)5-9-11(15)10-12(18-6-8-3-2-4-22-8)20-14(16)21-13(10)19-9/h2-4,7H,5-6,17H2,1H3,(H2,18,19,20,21)/t7-/m0/s1. The molecular weight excluding hydrogens is 370 g/mol. The van der Waals surface area contributed by atoms with Crippen molar-refractivity contribution in [2.24, 2.45) is 5.73 Å². The summed E-state index contributed by atoms with van der Waals surface area (Å²) in [6.45, 7) is 2.46. The smallest absolute Gasteiger partial charge is 0.226 e. The van der Waals surface area contributed by atoms with Crippen LogP contribution in [0.5, 0.6) is 0 Å². The fraction of sp³-hybridized carbons (Fsp3) is 0.286. The highest BCUT2D eigenvalue weighted by Gasteiger charge is 2.17. The van der Waals surface area contributed by atoms with Crippen LogP contribution in [-0.2, 0) is 13.0 Å². The maximum atomic E-state index is 6.01. The Morgan fingerprint density at radius 2 is 2.32 bits per heavy atom. The number of nitrogens with one attached hydrogen (secondary N) is 2. The van der Waals surface area contributed by atoms with Crippen LogP contribution in [-0.4, -0.2) is 21.0 Å². The predicted octanol–water partition coefficient (Wildman–Crippen LogP) is 3.47. The molecule has 3 aromatic rings. The van der Waals surface area contributed by atoms with E-state index >= 15 is 0 Å². The summed E-state index contributed by atoms with van der Waals surface area (Å²) in [4.78, 5) is 11.8. The molecule has 6 nitrogen and oxygen atoms in total. The molecule has 0 saturated heterocycles. The van der Waals surface area contributed by atoms with Gasteiger partial charge in [0.05, 0.1) is 22.7 Å². The first-order valence-corrected chi connectivity index (χ1v) is 7.97. The Hall–Kier alpha value is -1.57. The van der Waals surface area contributed by atoms with Crippen LogP contribution in [0.15, 0.2) is 27.3 Å². The Kier molecular flexibility index (Phi) is 4.37. The molecule has 0 radical (unpaired) electrons. The average molecular weight is 385 g/mol. The second-order valence-electron chi connectivity index (χ2n) is 5.10. The first-order chi connectivity index (χ1) is 10.5. The zero-order valence-electron chi connectivity index (χ0n) is 11.9. The van der Waals surface area contributed by atoms with Gasteiger partial charge >= 0.3 is 0 Å². The normalized spacial score (nSPS) is 12.7. The molecule has 0 aliphatic heterocycles. The monoisotopic (exact) mass is 383 g/mol. The SMILES string of the molecule is C[C@H](N)Cc1[nH]c2nc(Cl)nc(NCc3ccco3)c2c1Br. The Labute approximate surface area is 140 Å². The third kappa shape index (κ3) is 3.11. The number of halogens is 2. The molecular formula is C14H15BrClN5O. The quantitative estimate of drug-likeness (QED) is 0.586. The van der Waals surface area contributed by atoms with E-state index in [1.165, 1.54) is 0 Å². The van der Waals surface area contributed by atoms with Crippen molar-refractivity contribution in [1.29, 1.82) is 0 Å². The lowest BCUT2D eigenvalue weighted by atomic mass is 10.2.